The number of carboxylic acid groups (broad SMARTS) is 1. The van der Waals surface area contributed by atoms with E-state index in [0.29, 0.717) is 11.6 Å². The van der Waals surface area contributed by atoms with E-state index in [1.54, 1.807) is 23.5 Å². The molecule has 1 heterocycles. The first-order valence-electron chi connectivity index (χ1n) is 7.74. The summed E-state index contributed by atoms with van der Waals surface area (Å²) >= 11 is 1.75. The van der Waals surface area contributed by atoms with Crippen LogP contribution in [0.3, 0.4) is 0 Å². The molecule has 0 radical (unpaired) electrons. The lowest BCUT2D eigenvalue weighted by Crippen LogP contribution is -2.25. The van der Waals surface area contributed by atoms with Gasteiger partial charge in [-0.15, -0.1) is 11.3 Å². The molecule has 0 saturated heterocycles. The van der Waals surface area contributed by atoms with Crippen LogP contribution in [0.4, 0.5) is 0 Å². The third kappa shape index (κ3) is 4.64. The molecule has 1 aromatic carbocycles. The number of aromatic carboxylic acids is 1. The van der Waals surface area contributed by atoms with Gasteiger partial charge in [-0.3, -0.25) is 4.90 Å². The fraction of sp³-hybridized carbons (Fsp3) is 0.389. The summed E-state index contributed by atoms with van der Waals surface area (Å²) in [4.78, 5) is 15.6. The second-order valence-electron chi connectivity index (χ2n) is 5.44. The molecular weight excluding hydrogens is 310 g/mol. The van der Waals surface area contributed by atoms with Gasteiger partial charge in [-0.2, -0.15) is 0 Å². The highest BCUT2D eigenvalue weighted by molar-refractivity contribution is 7.15. The van der Waals surface area contributed by atoms with Crippen molar-refractivity contribution in [3.8, 4) is 10.4 Å². The Kier molecular flexibility index (Phi) is 6.33. The Labute approximate surface area is 141 Å². The summed E-state index contributed by atoms with van der Waals surface area (Å²) in [6.07, 6.45) is 0. The minimum absolute atomic E-state index is 0.314. The number of ether oxygens (including phenoxy) is 1. The van der Waals surface area contributed by atoms with Crippen LogP contribution in [0.5, 0.6) is 0 Å². The van der Waals surface area contributed by atoms with Crippen molar-refractivity contribution in [2.45, 2.75) is 19.9 Å². The summed E-state index contributed by atoms with van der Waals surface area (Å²) < 4.78 is 5.41. The van der Waals surface area contributed by atoms with Crippen molar-refractivity contribution in [3.63, 3.8) is 0 Å². The van der Waals surface area contributed by atoms with Crippen LogP contribution in [0.2, 0.25) is 0 Å². The zero-order valence-corrected chi connectivity index (χ0v) is 14.6. The highest BCUT2D eigenvalue weighted by Crippen LogP contribution is 2.33. The molecule has 5 heteroatoms. The van der Waals surface area contributed by atoms with Crippen molar-refractivity contribution in [2.75, 3.05) is 26.8 Å². The van der Waals surface area contributed by atoms with Crippen LogP contribution in [-0.2, 0) is 4.74 Å². The average molecular weight is 333 g/mol. The molecule has 0 bridgehead atoms. The summed E-state index contributed by atoms with van der Waals surface area (Å²) in [5, 5.41) is 8.96. The molecule has 0 spiro atoms. The van der Waals surface area contributed by atoms with E-state index in [-0.39, 0.29) is 0 Å². The summed E-state index contributed by atoms with van der Waals surface area (Å²) in [6.45, 7) is 6.58. The predicted octanol–water partition coefficient (Wildman–Crippen LogP) is 4.14. The van der Waals surface area contributed by atoms with Crippen molar-refractivity contribution >= 4 is 17.3 Å². The summed E-state index contributed by atoms with van der Waals surface area (Å²) in [6, 6.07) is 11.6. The minimum Gasteiger partial charge on any atom is -0.478 e. The van der Waals surface area contributed by atoms with Gasteiger partial charge in [0.05, 0.1) is 12.2 Å². The Morgan fingerprint density at radius 2 is 1.96 bits per heavy atom. The number of thiophene rings is 1. The number of hydrogen-bond donors (Lipinski definition) is 1. The molecule has 0 fully saturated rings. The lowest BCUT2D eigenvalue weighted by atomic mass is 10.1. The summed E-state index contributed by atoms with van der Waals surface area (Å²) in [5.74, 6) is -0.895. The fourth-order valence-corrected chi connectivity index (χ4v) is 3.40. The molecule has 2 aromatic rings. The van der Waals surface area contributed by atoms with E-state index in [2.05, 4.69) is 31.0 Å². The largest absolute Gasteiger partial charge is 0.478 e. The fourth-order valence-electron chi connectivity index (χ4n) is 2.27. The normalized spacial score (nSPS) is 12.5. The van der Waals surface area contributed by atoms with E-state index in [0.717, 1.165) is 30.2 Å². The first-order valence-corrected chi connectivity index (χ1v) is 8.56. The Balaban J connectivity index is 2.06. The second-order valence-corrected chi connectivity index (χ2v) is 6.55. The van der Waals surface area contributed by atoms with Gasteiger partial charge >= 0.3 is 5.97 Å². The SMILES string of the molecule is CCOCCN(C)C(C)c1ccc(-c2ccc(C(=O)O)cc2)s1. The van der Waals surface area contributed by atoms with E-state index < -0.39 is 5.97 Å². The quantitative estimate of drug-likeness (QED) is 0.738. The molecule has 23 heavy (non-hydrogen) atoms. The van der Waals surface area contributed by atoms with Gasteiger partial charge in [-0.05, 0) is 50.7 Å². The molecular formula is C18H23NO3S. The van der Waals surface area contributed by atoms with Crippen molar-refractivity contribution < 1.29 is 14.6 Å². The summed E-state index contributed by atoms with van der Waals surface area (Å²) in [5.41, 5.74) is 1.37. The van der Waals surface area contributed by atoms with Crippen LogP contribution in [-0.4, -0.2) is 42.8 Å². The number of carbonyl (C=O) groups is 1. The van der Waals surface area contributed by atoms with Gasteiger partial charge in [0.2, 0.25) is 0 Å². The molecule has 0 aliphatic heterocycles. The molecule has 4 nitrogen and oxygen atoms in total. The second kappa shape index (κ2) is 8.24. The van der Waals surface area contributed by atoms with Gasteiger partial charge in [-0.25, -0.2) is 4.79 Å². The first kappa shape index (κ1) is 17.7. The molecule has 2 rings (SSSR count). The van der Waals surface area contributed by atoms with Gasteiger partial charge in [-0.1, -0.05) is 12.1 Å². The number of hydrogen-bond acceptors (Lipinski definition) is 4. The lowest BCUT2D eigenvalue weighted by molar-refractivity contribution is 0.0697. The molecule has 0 saturated carbocycles. The maximum Gasteiger partial charge on any atom is 0.335 e. The van der Waals surface area contributed by atoms with E-state index in [1.165, 1.54) is 4.88 Å². The highest BCUT2D eigenvalue weighted by atomic mass is 32.1. The monoisotopic (exact) mass is 333 g/mol. The number of benzene rings is 1. The van der Waals surface area contributed by atoms with Crippen molar-refractivity contribution in [3.05, 3.63) is 46.8 Å². The molecule has 1 N–H and O–H groups in total. The Bertz CT molecular complexity index is 636. The number of likely N-dealkylation sites (N-methyl/N-ethyl adjacent to an activating group) is 1. The van der Waals surface area contributed by atoms with Crippen molar-refractivity contribution in [1.82, 2.24) is 4.90 Å². The lowest BCUT2D eigenvalue weighted by Gasteiger charge is -2.23. The Morgan fingerprint density at radius 1 is 1.26 bits per heavy atom. The summed E-state index contributed by atoms with van der Waals surface area (Å²) in [7, 11) is 2.10. The van der Waals surface area contributed by atoms with E-state index in [1.807, 2.05) is 19.1 Å². The third-order valence-corrected chi connectivity index (χ3v) is 5.21. The zero-order valence-electron chi connectivity index (χ0n) is 13.8. The molecule has 0 aliphatic rings. The molecule has 1 unspecified atom stereocenters. The number of nitrogens with zero attached hydrogens (tertiary/aromatic N) is 1. The zero-order chi connectivity index (χ0) is 16.8. The van der Waals surface area contributed by atoms with Crippen LogP contribution in [0.15, 0.2) is 36.4 Å². The maximum atomic E-state index is 10.9. The van der Waals surface area contributed by atoms with E-state index in [9.17, 15) is 4.79 Å². The van der Waals surface area contributed by atoms with Gasteiger partial charge in [0.15, 0.2) is 0 Å². The van der Waals surface area contributed by atoms with Gasteiger partial charge in [0.1, 0.15) is 0 Å². The van der Waals surface area contributed by atoms with Crippen LogP contribution in [0.1, 0.15) is 35.1 Å². The van der Waals surface area contributed by atoms with Crippen LogP contribution >= 0.6 is 11.3 Å². The molecule has 124 valence electrons. The average Bonchev–Trinajstić information content (AvgIpc) is 3.04. The van der Waals surface area contributed by atoms with Gasteiger partial charge in [0, 0.05) is 28.9 Å². The highest BCUT2D eigenvalue weighted by Gasteiger charge is 2.14. The molecule has 1 atom stereocenters. The first-order chi connectivity index (χ1) is 11.0. The Morgan fingerprint density at radius 3 is 2.57 bits per heavy atom. The van der Waals surface area contributed by atoms with Crippen molar-refractivity contribution in [2.24, 2.45) is 0 Å². The van der Waals surface area contributed by atoms with E-state index in [4.69, 9.17) is 9.84 Å². The molecule has 0 amide bonds. The van der Waals surface area contributed by atoms with Crippen molar-refractivity contribution in [1.29, 1.82) is 0 Å². The molecule has 1 aromatic heterocycles. The predicted molar refractivity (Wildman–Crippen MR) is 94.3 cm³/mol. The van der Waals surface area contributed by atoms with E-state index >= 15 is 0 Å². The maximum absolute atomic E-state index is 10.9. The third-order valence-electron chi connectivity index (χ3n) is 3.91. The Hall–Kier alpha value is -1.69. The van der Waals surface area contributed by atoms with Crippen LogP contribution < -0.4 is 0 Å². The minimum atomic E-state index is -0.895. The van der Waals surface area contributed by atoms with Crippen LogP contribution in [0, 0.1) is 0 Å². The number of rotatable bonds is 8. The molecule has 0 aliphatic carbocycles. The standard InChI is InChI=1S/C18H23NO3S/c1-4-22-12-11-19(3)13(2)16-9-10-17(23-16)14-5-7-15(8-6-14)18(20)21/h5-10,13H,4,11-12H2,1-3H3,(H,20,21). The van der Waals surface area contributed by atoms with Gasteiger partial charge < -0.3 is 9.84 Å². The van der Waals surface area contributed by atoms with Crippen LogP contribution in [0.25, 0.3) is 10.4 Å². The topological polar surface area (TPSA) is 49.8 Å². The van der Waals surface area contributed by atoms with Gasteiger partial charge in [0.25, 0.3) is 0 Å². The number of carboxylic acids is 1. The smallest absolute Gasteiger partial charge is 0.335 e.